The molecule has 148 valence electrons. The highest BCUT2D eigenvalue weighted by Crippen LogP contribution is 2.28. The van der Waals surface area contributed by atoms with Gasteiger partial charge in [-0.3, -0.25) is 4.90 Å². The van der Waals surface area contributed by atoms with Crippen molar-refractivity contribution < 1.29 is 0 Å². The molecule has 4 aromatic rings. The largest absolute Gasteiger partial charge is 0.398 e. The van der Waals surface area contributed by atoms with Gasteiger partial charge in [0.25, 0.3) is 0 Å². The Balaban J connectivity index is 1.78. The number of hydrogen-bond acceptors (Lipinski definition) is 3. The summed E-state index contributed by atoms with van der Waals surface area (Å²) in [5.74, 6) is 0. The van der Waals surface area contributed by atoms with E-state index in [-0.39, 0.29) is 0 Å². The molecule has 4 rings (SSSR count). The molecule has 2 N–H and O–H groups in total. The van der Waals surface area contributed by atoms with Crippen LogP contribution in [0.4, 0.5) is 5.69 Å². The summed E-state index contributed by atoms with van der Waals surface area (Å²) < 4.78 is 2.15. The maximum absolute atomic E-state index is 6.11. The third-order valence-electron chi connectivity index (χ3n) is 5.59. The Morgan fingerprint density at radius 3 is 2.45 bits per heavy atom. The van der Waals surface area contributed by atoms with Crippen molar-refractivity contribution in [3.05, 3.63) is 89.2 Å². The van der Waals surface area contributed by atoms with Crippen molar-refractivity contribution in [2.75, 3.05) is 12.3 Å². The van der Waals surface area contributed by atoms with Gasteiger partial charge in [-0.15, -0.1) is 0 Å². The standard InChI is InChI=1S/C25H28N4/c1-4-28(15-20-8-6-5-7-9-20)17-23-25(21-11-10-18(2)19(3)14-21)27-24-13-12-22(26)16-29(23)24/h5-14,16H,4,15,17,26H2,1-3H3. The minimum atomic E-state index is 0.744. The number of hydrogen-bond donors (Lipinski definition) is 1. The summed E-state index contributed by atoms with van der Waals surface area (Å²) in [5.41, 5.74) is 15.0. The number of imidazole rings is 1. The third kappa shape index (κ3) is 4.03. The summed E-state index contributed by atoms with van der Waals surface area (Å²) in [6.07, 6.45) is 1.98. The Bertz CT molecular complexity index is 1130. The number of aryl methyl sites for hydroxylation is 2. The minimum Gasteiger partial charge on any atom is -0.398 e. The smallest absolute Gasteiger partial charge is 0.137 e. The van der Waals surface area contributed by atoms with Gasteiger partial charge in [-0.25, -0.2) is 4.98 Å². The maximum Gasteiger partial charge on any atom is 0.137 e. The molecule has 0 bridgehead atoms. The van der Waals surface area contributed by atoms with E-state index in [1.807, 2.05) is 18.3 Å². The lowest BCUT2D eigenvalue weighted by molar-refractivity contribution is 0.268. The zero-order chi connectivity index (χ0) is 20.4. The molecule has 0 aliphatic rings. The average Bonchev–Trinajstić information content (AvgIpc) is 3.08. The van der Waals surface area contributed by atoms with Gasteiger partial charge in [0.15, 0.2) is 0 Å². The number of anilines is 1. The lowest BCUT2D eigenvalue weighted by Gasteiger charge is -2.21. The van der Waals surface area contributed by atoms with Crippen LogP contribution in [-0.4, -0.2) is 20.8 Å². The first kappa shape index (κ1) is 19.2. The molecule has 29 heavy (non-hydrogen) atoms. The van der Waals surface area contributed by atoms with Gasteiger partial charge in [-0.1, -0.05) is 49.4 Å². The fraction of sp³-hybridized carbons (Fsp3) is 0.240. The van der Waals surface area contributed by atoms with Crippen molar-refractivity contribution in [3.63, 3.8) is 0 Å². The van der Waals surface area contributed by atoms with Crippen LogP contribution in [-0.2, 0) is 13.1 Å². The van der Waals surface area contributed by atoms with Crippen LogP contribution in [0.1, 0.15) is 29.3 Å². The van der Waals surface area contributed by atoms with Gasteiger partial charge >= 0.3 is 0 Å². The lowest BCUT2D eigenvalue weighted by Crippen LogP contribution is -2.23. The Morgan fingerprint density at radius 1 is 0.931 bits per heavy atom. The van der Waals surface area contributed by atoms with E-state index >= 15 is 0 Å². The number of benzene rings is 2. The maximum atomic E-state index is 6.11. The predicted molar refractivity (Wildman–Crippen MR) is 121 cm³/mol. The fourth-order valence-electron chi connectivity index (χ4n) is 3.71. The molecule has 0 fully saturated rings. The fourth-order valence-corrected chi connectivity index (χ4v) is 3.71. The highest BCUT2D eigenvalue weighted by atomic mass is 15.1. The zero-order valence-electron chi connectivity index (χ0n) is 17.4. The second-order valence-electron chi connectivity index (χ2n) is 7.69. The van der Waals surface area contributed by atoms with E-state index in [1.165, 1.54) is 22.4 Å². The number of rotatable bonds is 6. The van der Waals surface area contributed by atoms with Gasteiger partial charge in [0.05, 0.1) is 11.4 Å². The van der Waals surface area contributed by atoms with Crippen LogP contribution < -0.4 is 5.73 Å². The van der Waals surface area contributed by atoms with Gasteiger partial charge < -0.3 is 10.1 Å². The van der Waals surface area contributed by atoms with Gasteiger partial charge in [0, 0.05) is 30.5 Å². The molecule has 0 radical (unpaired) electrons. The van der Waals surface area contributed by atoms with Crippen LogP contribution in [0.2, 0.25) is 0 Å². The molecular formula is C25H28N4. The summed E-state index contributed by atoms with van der Waals surface area (Å²) in [6, 6.07) is 21.1. The summed E-state index contributed by atoms with van der Waals surface area (Å²) in [6.45, 7) is 9.16. The number of nitrogens with zero attached hydrogens (tertiary/aromatic N) is 3. The molecule has 0 saturated heterocycles. The van der Waals surface area contributed by atoms with Crippen LogP contribution in [0, 0.1) is 13.8 Å². The van der Waals surface area contributed by atoms with Crippen LogP contribution in [0.25, 0.3) is 16.9 Å². The highest BCUT2D eigenvalue weighted by molar-refractivity contribution is 5.68. The molecule has 0 amide bonds. The average molecular weight is 385 g/mol. The predicted octanol–water partition coefficient (Wildman–Crippen LogP) is 5.22. The van der Waals surface area contributed by atoms with Crippen molar-refractivity contribution >= 4 is 11.3 Å². The van der Waals surface area contributed by atoms with Gasteiger partial charge in [0.1, 0.15) is 5.65 Å². The molecule has 0 atom stereocenters. The molecule has 0 unspecified atom stereocenters. The summed E-state index contributed by atoms with van der Waals surface area (Å²) in [5, 5.41) is 0. The van der Waals surface area contributed by atoms with E-state index in [0.29, 0.717) is 0 Å². The number of fused-ring (bicyclic) bond motifs is 1. The van der Waals surface area contributed by atoms with E-state index in [9.17, 15) is 0 Å². The summed E-state index contributed by atoms with van der Waals surface area (Å²) >= 11 is 0. The third-order valence-corrected chi connectivity index (χ3v) is 5.59. The number of nitrogen functional groups attached to an aromatic ring is 1. The molecule has 0 aliphatic carbocycles. The van der Waals surface area contributed by atoms with Crippen molar-refractivity contribution in [1.82, 2.24) is 14.3 Å². The molecule has 0 aliphatic heterocycles. The zero-order valence-corrected chi connectivity index (χ0v) is 17.4. The van der Waals surface area contributed by atoms with E-state index < -0.39 is 0 Å². The van der Waals surface area contributed by atoms with Crippen molar-refractivity contribution in [2.24, 2.45) is 0 Å². The Morgan fingerprint density at radius 2 is 1.72 bits per heavy atom. The topological polar surface area (TPSA) is 46.6 Å². The first-order valence-corrected chi connectivity index (χ1v) is 10.2. The Labute approximate surface area is 172 Å². The van der Waals surface area contributed by atoms with Gasteiger partial charge in [-0.2, -0.15) is 0 Å². The SMILES string of the molecule is CCN(Cc1ccccc1)Cc1c(-c2ccc(C)c(C)c2)nc2ccc(N)cn12. The van der Waals surface area contributed by atoms with E-state index in [2.05, 4.69) is 78.6 Å². The summed E-state index contributed by atoms with van der Waals surface area (Å²) in [7, 11) is 0. The molecule has 4 heteroatoms. The highest BCUT2D eigenvalue weighted by Gasteiger charge is 2.17. The Kier molecular flexibility index (Phi) is 5.36. The molecule has 2 aromatic heterocycles. The Hall–Kier alpha value is -3.11. The quantitative estimate of drug-likeness (QED) is 0.496. The van der Waals surface area contributed by atoms with Crippen LogP contribution in [0.15, 0.2) is 66.9 Å². The second kappa shape index (κ2) is 8.10. The van der Waals surface area contributed by atoms with E-state index in [4.69, 9.17) is 10.7 Å². The second-order valence-corrected chi connectivity index (χ2v) is 7.69. The monoisotopic (exact) mass is 384 g/mol. The number of pyridine rings is 1. The first-order valence-electron chi connectivity index (χ1n) is 10.2. The lowest BCUT2D eigenvalue weighted by atomic mass is 10.0. The van der Waals surface area contributed by atoms with E-state index in [0.717, 1.165) is 42.2 Å². The molecule has 2 heterocycles. The van der Waals surface area contributed by atoms with Gasteiger partial charge in [-0.05, 0) is 55.3 Å². The molecule has 4 nitrogen and oxygen atoms in total. The van der Waals surface area contributed by atoms with Crippen LogP contribution in [0.5, 0.6) is 0 Å². The van der Waals surface area contributed by atoms with Crippen LogP contribution >= 0.6 is 0 Å². The van der Waals surface area contributed by atoms with E-state index in [1.54, 1.807) is 0 Å². The summed E-state index contributed by atoms with van der Waals surface area (Å²) in [4.78, 5) is 7.41. The number of nitrogens with two attached hydrogens (primary N) is 1. The molecular weight excluding hydrogens is 356 g/mol. The van der Waals surface area contributed by atoms with Crippen LogP contribution in [0.3, 0.4) is 0 Å². The normalized spacial score (nSPS) is 11.4. The molecule has 0 saturated carbocycles. The molecule has 0 spiro atoms. The van der Waals surface area contributed by atoms with Crippen molar-refractivity contribution in [3.8, 4) is 11.3 Å². The minimum absolute atomic E-state index is 0.744. The van der Waals surface area contributed by atoms with Gasteiger partial charge in [0.2, 0.25) is 0 Å². The van der Waals surface area contributed by atoms with Crippen molar-refractivity contribution in [2.45, 2.75) is 33.9 Å². The van der Waals surface area contributed by atoms with Crippen molar-refractivity contribution in [1.29, 1.82) is 0 Å². The molecule has 2 aromatic carbocycles. The first-order chi connectivity index (χ1) is 14.0. The number of aromatic nitrogens is 2.